The average molecular weight is 309 g/mol. The monoisotopic (exact) mass is 309 g/mol. The highest BCUT2D eigenvalue weighted by molar-refractivity contribution is 7.14. The highest BCUT2D eigenvalue weighted by Crippen LogP contribution is 2.40. The number of aryl methyl sites for hydroxylation is 1. The summed E-state index contributed by atoms with van der Waals surface area (Å²) in [4.78, 5) is 24.8. The van der Waals surface area contributed by atoms with Gasteiger partial charge in [-0.2, -0.15) is 0 Å². The summed E-state index contributed by atoms with van der Waals surface area (Å²) in [5.74, 6) is -0.446. The normalized spacial score (nSPS) is 19.7. The van der Waals surface area contributed by atoms with Crippen LogP contribution in [0.3, 0.4) is 0 Å². The van der Waals surface area contributed by atoms with E-state index in [1.165, 1.54) is 28.7 Å². The van der Waals surface area contributed by atoms with Gasteiger partial charge in [-0.25, -0.2) is 4.79 Å². The Morgan fingerprint density at radius 2 is 2.10 bits per heavy atom. The van der Waals surface area contributed by atoms with Crippen molar-refractivity contribution in [2.24, 2.45) is 17.1 Å². The molecule has 0 radical (unpaired) electrons. The Morgan fingerprint density at radius 3 is 2.67 bits per heavy atom. The molecule has 116 valence electrons. The van der Waals surface area contributed by atoms with E-state index >= 15 is 0 Å². The standard InChI is InChI=1S/C16H23NO3S/c1-9(14(17)18)20-15(19)13-8-10-7-11(16(2,3)4)5-6-12(10)21-13/h8-9,11H,5-7H2,1-4H3,(H2,17,18)/t9-,11+/m0/s1. The van der Waals surface area contributed by atoms with Gasteiger partial charge >= 0.3 is 5.97 Å². The highest BCUT2D eigenvalue weighted by Gasteiger charge is 2.31. The summed E-state index contributed by atoms with van der Waals surface area (Å²) >= 11 is 1.48. The second-order valence-corrected chi connectivity index (χ2v) is 7.95. The van der Waals surface area contributed by atoms with Crippen LogP contribution >= 0.6 is 11.3 Å². The van der Waals surface area contributed by atoms with E-state index in [2.05, 4.69) is 20.8 Å². The van der Waals surface area contributed by atoms with Crippen molar-refractivity contribution in [1.29, 1.82) is 0 Å². The number of nitrogens with two attached hydrogens (primary N) is 1. The number of esters is 1. The summed E-state index contributed by atoms with van der Waals surface area (Å²) in [5, 5.41) is 0. The molecule has 1 aromatic rings. The molecule has 1 aliphatic carbocycles. The van der Waals surface area contributed by atoms with Gasteiger partial charge in [-0.15, -0.1) is 11.3 Å². The molecular formula is C16H23NO3S. The van der Waals surface area contributed by atoms with Gasteiger partial charge in [0.25, 0.3) is 5.91 Å². The van der Waals surface area contributed by atoms with Gasteiger partial charge in [0.1, 0.15) is 4.88 Å². The predicted molar refractivity (Wildman–Crippen MR) is 83.4 cm³/mol. The van der Waals surface area contributed by atoms with E-state index in [9.17, 15) is 9.59 Å². The van der Waals surface area contributed by atoms with Gasteiger partial charge in [0.05, 0.1) is 0 Å². The first-order valence-electron chi connectivity index (χ1n) is 7.30. The van der Waals surface area contributed by atoms with Crippen LogP contribution in [-0.4, -0.2) is 18.0 Å². The third-order valence-corrected chi connectivity index (χ3v) is 5.41. The van der Waals surface area contributed by atoms with Crippen LogP contribution in [0.5, 0.6) is 0 Å². The number of ether oxygens (including phenoxy) is 1. The zero-order valence-corrected chi connectivity index (χ0v) is 13.9. The number of fused-ring (bicyclic) bond motifs is 1. The number of rotatable bonds is 3. The number of primary amides is 1. The topological polar surface area (TPSA) is 69.4 Å². The van der Waals surface area contributed by atoms with Gasteiger partial charge in [-0.3, -0.25) is 4.79 Å². The number of amides is 1. The number of hydrogen-bond acceptors (Lipinski definition) is 4. The molecule has 0 unspecified atom stereocenters. The second-order valence-electron chi connectivity index (χ2n) is 6.81. The number of carbonyl (C=O) groups excluding carboxylic acids is 2. The Labute approximate surface area is 129 Å². The highest BCUT2D eigenvalue weighted by atomic mass is 32.1. The molecule has 4 nitrogen and oxygen atoms in total. The Kier molecular flexibility index (Phi) is 4.42. The van der Waals surface area contributed by atoms with Gasteiger partial charge in [0.2, 0.25) is 0 Å². The lowest BCUT2D eigenvalue weighted by Crippen LogP contribution is -2.30. The maximum absolute atomic E-state index is 12.0. The summed E-state index contributed by atoms with van der Waals surface area (Å²) in [6.45, 7) is 8.28. The van der Waals surface area contributed by atoms with Gasteiger partial charge in [0, 0.05) is 4.88 Å². The molecule has 0 spiro atoms. The van der Waals surface area contributed by atoms with Crippen LogP contribution in [0.15, 0.2) is 6.07 Å². The van der Waals surface area contributed by atoms with E-state index in [0.29, 0.717) is 10.8 Å². The Morgan fingerprint density at radius 1 is 1.43 bits per heavy atom. The summed E-state index contributed by atoms with van der Waals surface area (Å²) in [5.41, 5.74) is 6.65. The van der Waals surface area contributed by atoms with E-state index in [4.69, 9.17) is 10.5 Å². The van der Waals surface area contributed by atoms with E-state index in [1.54, 1.807) is 0 Å². The molecule has 2 N–H and O–H groups in total. The molecule has 5 heteroatoms. The number of hydrogen-bond donors (Lipinski definition) is 1. The van der Waals surface area contributed by atoms with Crippen LogP contribution in [0, 0.1) is 11.3 Å². The van der Waals surface area contributed by atoms with Gasteiger partial charge in [0.15, 0.2) is 6.10 Å². The summed E-state index contributed by atoms with van der Waals surface area (Å²) in [7, 11) is 0. The lowest BCUT2D eigenvalue weighted by Gasteiger charge is -2.33. The van der Waals surface area contributed by atoms with Crippen molar-refractivity contribution < 1.29 is 14.3 Å². The fourth-order valence-electron chi connectivity index (χ4n) is 2.64. The quantitative estimate of drug-likeness (QED) is 0.873. The minimum atomic E-state index is -0.890. The molecule has 1 aliphatic rings. The van der Waals surface area contributed by atoms with E-state index in [0.717, 1.165) is 19.3 Å². The molecule has 2 atom stereocenters. The van der Waals surface area contributed by atoms with Crippen molar-refractivity contribution in [2.75, 3.05) is 0 Å². The van der Waals surface area contributed by atoms with Crippen molar-refractivity contribution in [3.63, 3.8) is 0 Å². The van der Waals surface area contributed by atoms with Crippen molar-refractivity contribution in [1.82, 2.24) is 0 Å². The number of thiophene rings is 1. The molecule has 1 aromatic heterocycles. The first-order valence-corrected chi connectivity index (χ1v) is 8.12. The minimum absolute atomic E-state index is 0.279. The first kappa shape index (κ1) is 16.0. The Bertz CT molecular complexity index is 556. The molecule has 0 saturated heterocycles. The Balaban J connectivity index is 2.11. The van der Waals surface area contributed by atoms with Crippen molar-refractivity contribution in [2.45, 2.75) is 53.1 Å². The summed E-state index contributed by atoms with van der Waals surface area (Å²) in [6, 6.07) is 1.92. The van der Waals surface area contributed by atoms with E-state index < -0.39 is 18.0 Å². The Hall–Kier alpha value is -1.36. The third kappa shape index (κ3) is 3.64. The molecule has 2 rings (SSSR count). The maximum atomic E-state index is 12.0. The lowest BCUT2D eigenvalue weighted by molar-refractivity contribution is -0.125. The number of carbonyl (C=O) groups is 2. The third-order valence-electron chi connectivity index (χ3n) is 4.19. The average Bonchev–Trinajstić information content (AvgIpc) is 2.80. The van der Waals surface area contributed by atoms with Crippen LogP contribution in [0.25, 0.3) is 0 Å². The van der Waals surface area contributed by atoms with Gasteiger partial charge in [-0.1, -0.05) is 20.8 Å². The zero-order valence-electron chi connectivity index (χ0n) is 13.1. The predicted octanol–water partition coefficient (Wildman–Crippen LogP) is 2.93. The smallest absolute Gasteiger partial charge is 0.349 e. The van der Waals surface area contributed by atoms with Gasteiger partial charge in [-0.05, 0) is 49.1 Å². The van der Waals surface area contributed by atoms with E-state index in [-0.39, 0.29) is 5.41 Å². The fourth-order valence-corrected chi connectivity index (χ4v) is 3.73. The van der Waals surface area contributed by atoms with Crippen molar-refractivity contribution >= 4 is 23.2 Å². The SMILES string of the molecule is C[C@H](OC(=O)c1cc2c(s1)CC[C@@H](C(C)(C)C)C2)C(N)=O. The molecule has 21 heavy (non-hydrogen) atoms. The fraction of sp³-hybridized carbons (Fsp3) is 0.625. The molecule has 0 saturated carbocycles. The van der Waals surface area contributed by atoms with E-state index in [1.807, 2.05) is 6.07 Å². The molecular weight excluding hydrogens is 286 g/mol. The minimum Gasteiger partial charge on any atom is -0.448 e. The molecule has 0 aliphatic heterocycles. The lowest BCUT2D eigenvalue weighted by atomic mass is 9.72. The maximum Gasteiger partial charge on any atom is 0.349 e. The summed E-state index contributed by atoms with van der Waals surface area (Å²) < 4.78 is 5.07. The molecule has 0 fully saturated rings. The van der Waals surface area contributed by atoms with Crippen LogP contribution < -0.4 is 5.73 Å². The molecule has 0 aromatic carbocycles. The van der Waals surface area contributed by atoms with Crippen molar-refractivity contribution in [3.8, 4) is 0 Å². The van der Waals surface area contributed by atoms with Crippen LogP contribution in [-0.2, 0) is 22.4 Å². The molecule has 0 bridgehead atoms. The summed E-state index contributed by atoms with van der Waals surface area (Å²) in [6.07, 6.45) is 2.29. The van der Waals surface area contributed by atoms with Crippen LogP contribution in [0.1, 0.15) is 54.2 Å². The van der Waals surface area contributed by atoms with Crippen LogP contribution in [0.2, 0.25) is 0 Å². The van der Waals surface area contributed by atoms with Crippen molar-refractivity contribution in [3.05, 3.63) is 21.4 Å². The largest absolute Gasteiger partial charge is 0.448 e. The zero-order chi connectivity index (χ0) is 15.8. The first-order chi connectivity index (χ1) is 9.68. The van der Waals surface area contributed by atoms with Crippen LogP contribution in [0.4, 0.5) is 0 Å². The molecule has 1 amide bonds. The van der Waals surface area contributed by atoms with Gasteiger partial charge < -0.3 is 10.5 Å². The molecule has 1 heterocycles. The second kappa shape index (κ2) is 5.79.